The number of aromatic nitrogens is 2. The molecule has 0 aromatic carbocycles. The van der Waals surface area contributed by atoms with Gasteiger partial charge in [0.05, 0.1) is 23.3 Å². The van der Waals surface area contributed by atoms with Crippen LogP contribution in [0.2, 0.25) is 0 Å². The third-order valence-electron chi connectivity index (χ3n) is 5.61. The zero-order valence-corrected chi connectivity index (χ0v) is 14.8. The Bertz CT molecular complexity index is 715. The Kier molecular flexibility index (Phi) is 4.09. The summed E-state index contributed by atoms with van der Waals surface area (Å²) in [4.78, 5) is 10.8. The summed E-state index contributed by atoms with van der Waals surface area (Å²) in [5.74, 6) is -2.22. The Balaban J connectivity index is 1.57. The standard InChI is InChI=1S/C17H24F2N4O3/c1-15(25)3-2-4-23(8-15)13-11-5-20-6-12(11)21-14(22-13)26-10-16(9-24)7-17(16,18)19/h20,24-25H,2-10H2,1H3/t15-,16-/m1/s1. The minimum absolute atomic E-state index is 0.0446. The second-order valence-corrected chi connectivity index (χ2v) is 7.99. The van der Waals surface area contributed by atoms with Crippen LogP contribution in [0, 0.1) is 5.41 Å². The molecular formula is C17H24F2N4O3. The van der Waals surface area contributed by atoms with Crippen molar-refractivity contribution in [2.45, 2.75) is 50.8 Å². The lowest BCUT2D eigenvalue weighted by molar-refractivity contribution is 0.0124. The molecule has 4 rings (SSSR count). The van der Waals surface area contributed by atoms with Crippen LogP contribution in [0.5, 0.6) is 6.01 Å². The van der Waals surface area contributed by atoms with Crippen LogP contribution >= 0.6 is 0 Å². The molecule has 2 fully saturated rings. The monoisotopic (exact) mass is 370 g/mol. The van der Waals surface area contributed by atoms with Crippen LogP contribution in [0.1, 0.15) is 37.4 Å². The number of β-amino-alcohol motifs (C(OH)–C–C–N with tert-alkyl or cyclic N) is 1. The summed E-state index contributed by atoms with van der Waals surface area (Å²) in [6.07, 6.45) is 1.19. The molecule has 1 saturated carbocycles. The quantitative estimate of drug-likeness (QED) is 0.707. The number of anilines is 1. The van der Waals surface area contributed by atoms with Gasteiger partial charge in [-0.3, -0.25) is 0 Å². The summed E-state index contributed by atoms with van der Waals surface area (Å²) >= 11 is 0. The number of hydrogen-bond acceptors (Lipinski definition) is 7. The van der Waals surface area contributed by atoms with E-state index in [0.717, 1.165) is 30.6 Å². The molecule has 9 heteroatoms. The van der Waals surface area contributed by atoms with Crippen molar-refractivity contribution in [3.05, 3.63) is 11.3 Å². The van der Waals surface area contributed by atoms with Gasteiger partial charge in [-0.1, -0.05) is 0 Å². The second kappa shape index (κ2) is 5.97. The smallest absolute Gasteiger partial charge is 0.318 e. The number of nitrogens with zero attached hydrogens (tertiary/aromatic N) is 3. The number of aliphatic hydroxyl groups excluding tert-OH is 1. The van der Waals surface area contributed by atoms with E-state index >= 15 is 0 Å². The fraction of sp³-hybridized carbons (Fsp3) is 0.765. The normalized spacial score (nSPS) is 32.4. The maximum absolute atomic E-state index is 13.5. The van der Waals surface area contributed by atoms with E-state index in [1.807, 2.05) is 4.90 Å². The van der Waals surface area contributed by atoms with Crippen LogP contribution in [0.25, 0.3) is 0 Å². The van der Waals surface area contributed by atoms with E-state index in [9.17, 15) is 19.0 Å². The summed E-state index contributed by atoms with van der Waals surface area (Å²) in [5.41, 5.74) is -0.567. The van der Waals surface area contributed by atoms with Crippen molar-refractivity contribution >= 4 is 5.82 Å². The number of nitrogens with one attached hydrogen (secondary N) is 1. The van der Waals surface area contributed by atoms with Crippen molar-refractivity contribution in [2.75, 3.05) is 31.2 Å². The van der Waals surface area contributed by atoms with Crippen molar-refractivity contribution in [1.29, 1.82) is 0 Å². The zero-order chi connectivity index (χ0) is 18.6. The number of ether oxygens (including phenoxy) is 1. The van der Waals surface area contributed by atoms with Crippen LogP contribution in [-0.4, -0.2) is 58.0 Å². The molecule has 0 amide bonds. The molecule has 0 unspecified atom stereocenters. The van der Waals surface area contributed by atoms with E-state index in [0.29, 0.717) is 25.5 Å². The largest absolute Gasteiger partial charge is 0.462 e. The summed E-state index contributed by atoms with van der Waals surface area (Å²) in [7, 11) is 0. The molecule has 7 nitrogen and oxygen atoms in total. The van der Waals surface area contributed by atoms with Gasteiger partial charge in [-0.25, -0.2) is 8.78 Å². The molecule has 144 valence electrons. The van der Waals surface area contributed by atoms with Crippen molar-refractivity contribution in [3.63, 3.8) is 0 Å². The van der Waals surface area contributed by atoms with Gasteiger partial charge >= 0.3 is 6.01 Å². The first-order valence-electron chi connectivity index (χ1n) is 8.95. The van der Waals surface area contributed by atoms with E-state index in [2.05, 4.69) is 15.3 Å². The van der Waals surface area contributed by atoms with E-state index in [1.54, 1.807) is 6.92 Å². The highest BCUT2D eigenvalue weighted by Crippen LogP contribution is 2.60. The lowest BCUT2D eigenvalue weighted by Crippen LogP contribution is -2.46. The topological polar surface area (TPSA) is 90.7 Å². The van der Waals surface area contributed by atoms with Crippen LogP contribution in [0.15, 0.2) is 0 Å². The van der Waals surface area contributed by atoms with Crippen LogP contribution in [-0.2, 0) is 13.1 Å². The molecule has 0 radical (unpaired) electrons. The lowest BCUT2D eigenvalue weighted by atomic mass is 9.95. The van der Waals surface area contributed by atoms with Gasteiger partial charge in [-0.05, 0) is 19.8 Å². The number of fused-ring (bicyclic) bond motifs is 1. The first-order chi connectivity index (χ1) is 12.3. The predicted molar refractivity (Wildman–Crippen MR) is 89.2 cm³/mol. The van der Waals surface area contributed by atoms with E-state index in [4.69, 9.17) is 4.74 Å². The number of halogens is 2. The molecule has 1 aliphatic carbocycles. The number of rotatable bonds is 5. The third-order valence-corrected chi connectivity index (χ3v) is 5.61. The Morgan fingerprint density at radius 1 is 1.31 bits per heavy atom. The average molecular weight is 370 g/mol. The summed E-state index contributed by atoms with van der Waals surface area (Å²) < 4.78 is 32.5. The minimum Gasteiger partial charge on any atom is -0.462 e. The highest BCUT2D eigenvalue weighted by molar-refractivity contribution is 5.52. The molecule has 2 aliphatic heterocycles. The molecule has 3 aliphatic rings. The average Bonchev–Trinajstić information content (AvgIpc) is 2.92. The molecule has 0 bridgehead atoms. The summed E-state index contributed by atoms with van der Waals surface area (Å²) in [6, 6.07) is 0.0446. The van der Waals surface area contributed by atoms with Crippen LogP contribution in [0.3, 0.4) is 0 Å². The van der Waals surface area contributed by atoms with E-state index < -0.39 is 23.5 Å². The molecule has 0 spiro atoms. The Labute approximate surface area is 150 Å². The van der Waals surface area contributed by atoms with Gasteiger partial charge in [0.25, 0.3) is 5.92 Å². The van der Waals surface area contributed by atoms with Crippen LogP contribution < -0.4 is 15.0 Å². The van der Waals surface area contributed by atoms with E-state index in [-0.39, 0.29) is 19.0 Å². The number of alkyl halides is 2. The van der Waals surface area contributed by atoms with Crippen molar-refractivity contribution < 1.29 is 23.7 Å². The number of aliphatic hydroxyl groups is 2. The molecule has 1 aromatic heterocycles. The highest BCUT2D eigenvalue weighted by atomic mass is 19.3. The molecular weight excluding hydrogens is 346 g/mol. The van der Waals surface area contributed by atoms with Gasteiger partial charge in [-0.2, -0.15) is 9.97 Å². The van der Waals surface area contributed by atoms with Gasteiger partial charge in [0.15, 0.2) is 0 Å². The van der Waals surface area contributed by atoms with Gasteiger partial charge in [-0.15, -0.1) is 0 Å². The Hall–Kier alpha value is -1.58. The van der Waals surface area contributed by atoms with Crippen molar-refractivity contribution in [3.8, 4) is 6.01 Å². The SMILES string of the molecule is C[C@@]1(O)CCCN(c2nc(OC[C@]3(CO)CC3(F)F)nc3c2CNC3)C1. The minimum atomic E-state index is -2.91. The molecule has 26 heavy (non-hydrogen) atoms. The number of hydrogen-bond donors (Lipinski definition) is 3. The Morgan fingerprint density at radius 2 is 2.08 bits per heavy atom. The fourth-order valence-electron chi connectivity index (χ4n) is 3.81. The molecule has 1 aromatic rings. The second-order valence-electron chi connectivity index (χ2n) is 7.99. The molecule has 3 N–H and O–H groups in total. The number of piperidine rings is 1. The van der Waals surface area contributed by atoms with Gasteiger partial charge < -0.3 is 25.2 Å². The summed E-state index contributed by atoms with van der Waals surface area (Å²) in [5, 5.41) is 22.9. The molecule has 2 atom stereocenters. The molecule has 1 saturated heterocycles. The fourth-order valence-corrected chi connectivity index (χ4v) is 3.81. The predicted octanol–water partition coefficient (Wildman–Crippen LogP) is 0.828. The maximum Gasteiger partial charge on any atom is 0.318 e. The van der Waals surface area contributed by atoms with Crippen molar-refractivity contribution in [1.82, 2.24) is 15.3 Å². The van der Waals surface area contributed by atoms with Gasteiger partial charge in [0.2, 0.25) is 0 Å². The first kappa shape index (κ1) is 17.8. The first-order valence-corrected chi connectivity index (χ1v) is 8.95. The lowest BCUT2D eigenvalue weighted by Gasteiger charge is -2.38. The Morgan fingerprint density at radius 3 is 2.73 bits per heavy atom. The molecule has 3 heterocycles. The van der Waals surface area contributed by atoms with Crippen LogP contribution in [0.4, 0.5) is 14.6 Å². The van der Waals surface area contributed by atoms with Gasteiger partial charge in [0.1, 0.15) is 12.4 Å². The van der Waals surface area contributed by atoms with Gasteiger partial charge in [0, 0.05) is 38.2 Å². The van der Waals surface area contributed by atoms with Crippen molar-refractivity contribution in [2.24, 2.45) is 5.41 Å². The highest BCUT2D eigenvalue weighted by Gasteiger charge is 2.71. The zero-order valence-electron chi connectivity index (χ0n) is 14.8. The van der Waals surface area contributed by atoms with E-state index in [1.165, 1.54) is 0 Å². The maximum atomic E-state index is 13.5. The third kappa shape index (κ3) is 3.01. The summed E-state index contributed by atoms with van der Waals surface area (Å²) in [6.45, 7) is 3.26.